The van der Waals surface area contributed by atoms with E-state index < -0.39 is 17.7 Å². The second kappa shape index (κ2) is 7.24. The highest BCUT2D eigenvalue weighted by molar-refractivity contribution is 6.16. The van der Waals surface area contributed by atoms with Crippen LogP contribution in [-0.4, -0.2) is 18.9 Å². The Balaban J connectivity index is 3.53. The Morgan fingerprint density at radius 2 is 1.91 bits per heavy atom. The first-order valence-electron chi connectivity index (χ1n) is 6.79. The van der Waals surface area contributed by atoms with Crippen molar-refractivity contribution < 1.29 is 27.5 Å². The number of aldehydes is 1. The SMILES string of the molecule is CCOC(=O)/C(CC)=C(\C=O)c1cc(C(F)(F)F)ccc1C. The summed E-state index contributed by atoms with van der Waals surface area (Å²) in [5, 5.41) is 0. The molecule has 6 heteroatoms. The number of allylic oxidation sites excluding steroid dienone is 1. The predicted octanol–water partition coefficient (Wildman–Crippen LogP) is 3.94. The lowest BCUT2D eigenvalue weighted by Gasteiger charge is -2.14. The zero-order valence-corrected chi connectivity index (χ0v) is 12.6. The lowest BCUT2D eigenvalue weighted by molar-refractivity contribution is -0.139. The Bertz CT molecular complexity index is 601. The molecule has 1 aromatic rings. The summed E-state index contributed by atoms with van der Waals surface area (Å²) in [5.74, 6) is -0.691. The van der Waals surface area contributed by atoms with Gasteiger partial charge in [-0.3, -0.25) is 4.79 Å². The summed E-state index contributed by atoms with van der Waals surface area (Å²) >= 11 is 0. The van der Waals surface area contributed by atoms with Crippen molar-refractivity contribution >= 4 is 17.8 Å². The van der Waals surface area contributed by atoms with E-state index >= 15 is 0 Å². The summed E-state index contributed by atoms with van der Waals surface area (Å²) in [6, 6.07) is 3.10. The third kappa shape index (κ3) is 3.96. The quantitative estimate of drug-likeness (QED) is 0.470. The summed E-state index contributed by atoms with van der Waals surface area (Å²) in [6.07, 6.45) is -3.94. The van der Waals surface area contributed by atoms with Crippen LogP contribution in [0.4, 0.5) is 13.2 Å². The number of carbonyl (C=O) groups excluding carboxylic acids is 2. The van der Waals surface area contributed by atoms with Crippen molar-refractivity contribution in [2.24, 2.45) is 0 Å². The molecule has 0 bridgehead atoms. The monoisotopic (exact) mass is 314 g/mol. The van der Waals surface area contributed by atoms with E-state index in [1.54, 1.807) is 20.8 Å². The van der Waals surface area contributed by atoms with Crippen LogP contribution in [0.15, 0.2) is 23.8 Å². The second-order valence-electron chi connectivity index (χ2n) is 4.61. The molecule has 0 saturated carbocycles. The Morgan fingerprint density at radius 1 is 1.27 bits per heavy atom. The summed E-state index contributed by atoms with van der Waals surface area (Å²) in [5.41, 5.74) is -0.296. The van der Waals surface area contributed by atoms with Crippen LogP contribution in [0.5, 0.6) is 0 Å². The average Bonchev–Trinajstić information content (AvgIpc) is 2.44. The molecule has 0 N–H and O–H groups in total. The van der Waals surface area contributed by atoms with Gasteiger partial charge in [0.1, 0.15) is 0 Å². The number of hydrogen-bond donors (Lipinski definition) is 0. The van der Waals surface area contributed by atoms with E-state index in [4.69, 9.17) is 4.74 Å². The number of esters is 1. The normalized spacial score (nSPS) is 12.6. The molecular formula is C16H17F3O3. The van der Waals surface area contributed by atoms with Crippen molar-refractivity contribution in [2.45, 2.75) is 33.4 Å². The summed E-state index contributed by atoms with van der Waals surface area (Å²) in [7, 11) is 0. The van der Waals surface area contributed by atoms with Gasteiger partial charge in [-0.05, 0) is 43.5 Å². The van der Waals surface area contributed by atoms with Gasteiger partial charge >= 0.3 is 12.1 Å². The van der Waals surface area contributed by atoms with Crippen molar-refractivity contribution in [3.05, 3.63) is 40.5 Å². The van der Waals surface area contributed by atoms with Crippen LogP contribution in [0.1, 0.15) is 37.0 Å². The van der Waals surface area contributed by atoms with Crippen molar-refractivity contribution in [3.8, 4) is 0 Å². The molecule has 0 saturated heterocycles. The predicted molar refractivity (Wildman–Crippen MR) is 76.1 cm³/mol. The largest absolute Gasteiger partial charge is 0.463 e. The number of carbonyl (C=O) groups is 2. The molecule has 0 aliphatic rings. The standard InChI is InChI=1S/C16H17F3O3/c1-4-12(15(21)22-5-2)14(9-20)13-8-11(16(17,18)19)7-6-10(13)3/h6-9H,4-5H2,1-3H3/b14-12+. The van der Waals surface area contributed by atoms with E-state index in [1.807, 2.05) is 0 Å². The minimum absolute atomic E-state index is 0.0652. The van der Waals surface area contributed by atoms with Gasteiger partial charge < -0.3 is 4.74 Å². The van der Waals surface area contributed by atoms with Crippen molar-refractivity contribution in [1.29, 1.82) is 0 Å². The Labute approximate surface area is 126 Å². The lowest BCUT2D eigenvalue weighted by atomic mass is 9.94. The molecule has 0 fully saturated rings. The van der Waals surface area contributed by atoms with Gasteiger partial charge in [0, 0.05) is 11.1 Å². The molecule has 1 aromatic carbocycles. The van der Waals surface area contributed by atoms with Gasteiger partial charge in [0.2, 0.25) is 0 Å². The minimum atomic E-state index is -4.52. The molecule has 0 amide bonds. The van der Waals surface area contributed by atoms with Gasteiger partial charge in [0.25, 0.3) is 0 Å². The maximum Gasteiger partial charge on any atom is 0.416 e. The van der Waals surface area contributed by atoms with Crippen LogP contribution >= 0.6 is 0 Å². The Kier molecular flexibility index (Phi) is 5.91. The third-order valence-corrected chi connectivity index (χ3v) is 3.17. The minimum Gasteiger partial charge on any atom is -0.463 e. The maximum atomic E-state index is 12.8. The number of aryl methyl sites for hydroxylation is 1. The fourth-order valence-electron chi connectivity index (χ4n) is 2.05. The third-order valence-electron chi connectivity index (χ3n) is 3.17. The molecule has 0 heterocycles. The van der Waals surface area contributed by atoms with Gasteiger partial charge in [0.05, 0.1) is 12.2 Å². The van der Waals surface area contributed by atoms with Gasteiger partial charge in [-0.15, -0.1) is 0 Å². The Hall–Kier alpha value is -2.11. The number of ether oxygens (including phenoxy) is 1. The van der Waals surface area contributed by atoms with Gasteiger partial charge in [-0.1, -0.05) is 13.0 Å². The highest BCUT2D eigenvalue weighted by atomic mass is 19.4. The molecule has 22 heavy (non-hydrogen) atoms. The topological polar surface area (TPSA) is 43.4 Å². The van der Waals surface area contributed by atoms with Crippen molar-refractivity contribution in [2.75, 3.05) is 6.61 Å². The van der Waals surface area contributed by atoms with E-state index in [9.17, 15) is 22.8 Å². The van der Waals surface area contributed by atoms with Crippen molar-refractivity contribution in [3.63, 3.8) is 0 Å². The molecular weight excluding hydrogens is 297 g/mol. The highest BCUT2D eigenvalue weighted by Gasteiger charge is 2.31. The Morgan fingerprint density at radius 3 is 2.36 bits per heavy atom. The molecule has 0 atom stereocenters. The van der Waals surface area contributed by atoms with Gasteiger partial charge in [-0.25, -0.2) is 4.79 Å². The molecule has 0 radical (unpaired) electrons. The van der Waals surface area contributed by atoms with Crippen LogP contribution in [-0.2, 0) is 20.5 Å². The van der Waals surface area contributed by atoms with Gasteiger partial charge in [-0.2, -0.15) is 13.2 Å². The summed E-state index contributed by atoms with van der Waals surface area (Å²) in [6.45, 7) is 4.95. The molecule has 3 nitrogen and oxygen atoms in total. The summed E-state index contributed by atoms with van der Waals surface area (Å²) < 4.78 is 43.4. The fourth-order valence-corrected chi connectivity index (χ4v) is 2.05. The van der Waals surface area contributed by atoms with E-state index in [1.165, 1.54) is 6.07 Å². The lowest BCUT2D eigenvalue weighted by Crippen LogP contribution is -2.12. The van der Waals surface area contributed by atoms with Crippen LogP contribution in [0, 0.1) is 6.92 Å². The second-order valence-corrected chi connectivity index (χ2v) is 4.61. The zero-order chi connectivity index (χ0) is 16.9. The molecule has 120 valence electrons. The smallest absolute Gasteiger partial charge is 0.416 e. The van der Waals surface area contributed by atoms with E-state index in [2.05, 4.69) is 0 Å². The molecule has 0 unspecified atom stereocenters. The van der Waals surface area contributed by atoms with Gasteiger partial charge in [0.15, 0.2) is 6.29 Å². The fraction of sp³-hybridized carbons (Fsp3) is 0.375. The van der Waals surface area contributed by atoms with Crippen LogP contribution < -0.4 is 0 Å². The van der Waals surface area contributed by atoms with E-state index in [0.29, 0.717) is 11.8 Å². The first kappa shape index (κ1) is 17.9. The van der Waals surface area contributed by atoms with Crippen LogP contribution in [0.3, 0.4) is 0 Å². The highest BCUT2D eigenvalue weighted by Crippen LogP contribution is 2.33. The van der Waals surface area contributed by atoms with E-state index in [0.717, 1.165) is 12.1 Å². The molecule has 0 aliphatic heterocycles. The first-order chi connectivity index (χ1) is 10.3. The van der Waals surface area contributed by atoms with E-state index in [-0.39, 0.29) is 29.7 Å². The number of alkyl halides is 3. The average molecular weight is 314 g/mol. The molecule has 0 aromatic heterocycles. The van der Waals surface area contributed by atoms with Crippen LogP contribution in [0.2, 0.25) is 0 Å². The van der Waals surface area contributed by atoms with Crippen LogP contribution in [0.25, 0.3) is 5.57 Å². The number of hydrogen-bond acceptors (Lipinski definition) is 3. The zero-order valence-electron chi connectivity index (χ0n) is 12.6. The molecule has 0 aliphatic carbocycles. The number of halogens is 3. The maximum absolute atomic E-state index is 12.8. The molecule has 1 rings (SSSR count). The number of benzene rings is 1. The van der Waals surface area contributed by atoms with Crippen molar-refractivity contribution in [1.82, 2.24) is 0 Å². The summed E-state index contributed by atoms with van der Waals surface area (Å²) in [4.78, 5) is 23.3. The molecule has 0 spiro atoms. The first-order valence-corrected chi connectivity index (χ1v) is 6.79. The number of rotatable bonds is 5.